The van der Waals surface area contributed by atoms with Gasteiger partial charge in [-0.25, -0.2) is 4.98 Å². The summed E-state index contributed by atoms with van der Waals surface area (Å²) in [6, 6.07) is 4.81. The van der Waals surface area contributed by atoms with Crippen molar-refractivity contribution >= 4 is 16.7 Å². The SMILES string of the molecule is Cc1cc2nc(NCC(C)(C)C)c3c(c2cc1CCCN1CCCC1)CCC3. The van der Waals surface area contributed by atoms with E-state index in [1.165, 1.54) is 92.2 Å². The molecule has 3 heteroatoms. The van der Waals surface area contributed by atoms with Crippen LogP contribution in [0.25, 0.3) is 10.9 Å². The summed E-state index contributed by atoms with van der Waals surface area (Å²) in [6.07, 6.45) is 8.87. The van der Waals surface area contributed by atoms with Crippen LogP contribution in [0.15, 0.2) is 12.1 Å². The first-order valence-electron chi connectivity index (χ1n) is 11.3. The molecule has 1 aromatic carbocycles. The van der Waals surface area contributed by atoms with Gasteiger partial charge in [-0.1, -0.05) is 20.8 Å². The molecule has 0 radical (unpaired) electrons. The molecule has 0 bridgehead atoms. The van der Waals surface area contributed by atoms with Crippen molar-refractivity contribution in [2.45, 2.75) is 72.6 Å². The lowest BCUT2D eigenvalue weighted by Crippen LogP contribution is -2.21. The van der Waals surface area contributed by atoms with E-state index < -0.39 is 0 Å². The summed E-state index contributed by atoms with van der Waals surface area (Å²) in [4.78, 5) is 7.70. The quantitative estimate of drug-likeness (QED) is 0.716. The highest BCUT2D eigenvalue weighted by molar-refractivity contribution is 5.88. The number of benzene rings is 1. The maximum Gasteiger partial charge on any atom is 0.130 e. The first-order valence-corrected chi connectivity index (χ1v) is 11.3. The number of nitrogens with one attached hydrogen (secondary N) is 1. The van der Waals surface area contributed by atoms with E-state index in [1.807, 2.05) is 0 Å². The van der Waals surface area contributed by atoms with Crippen LogP contribution in [0.1, 0.15) is 68.7 Å². The van der Waals surface area contributed by atoms with Crippen LogP contribution >= 0.6 is 0 Å². The molecule has 1 aliphatic heterocycles. The Kier molecular flexibility index (Phi) is 5.64. The maximum absolute atomic E-state index is 5.08. The minimum Gasteiger partial charge on any atom is -0.369 e. The Bertz CT molecular complexity index is 841. The van der Waals surface area contributed by atoms with Crippen molar-refractivity contribution < 1.29 is 0 Å². The molecule has 28 heavy (non-hydrogen) atoms. The van der Waals surface area contributed by atoms with E-state index in [0.717, 1.165) is 12.4 Å². The molecular formula is C25H37N3. The van der Waals surface area contributed by atoms with Gasteiger partial charge >= 0.3 is 0 Å². The van der Waals surface area contributed by atoms with Crippen molar-refractivity contribution in [3.05, 3.63) is 34.4 Å². The number of fused-ring (bicyclic) bond motifs is 3. The van der Waals surface area contributed by atoms with Crippen LogP contribution in [0.2, 0.25) is 0 Å². The second kappa shape index (κ2) is 8.02. The third-order valence-corrected chi connectivity index (χ3v) is 6.42. The molecule has 0 spiro atoms. The summed E-state index contributed by atoms with van der Waals surface area (Å²) in [5.74, 6) is 1.14. The Labute approximate surface area is 170 Å². The van der Waals surface area contributed by atoms with Gasteiger partial charge in [-0.3, -0.25) is 0 Å². The molecule has 1 N–H and O–H groups in total. The van der Waals surface area contributed by atoms with E-state index in [0.29, 0.717) is 0 Å². The zero-order chi connectivity index (χ0) is 19.7. The largest absolute Gasteiger partial charge is 0.369 e. The zero-order valence-corrected chi connectivity index (χ0v) is 18.3. The molecule has 2 heterocycles. The Hall–Kier alpha value is -1.61. The third kappa shape index (κ3) is 4.35. The van der Waals surface area contributed by atoms with Crippen molar-refractivity contribution in [3.63, 3.8) is 0 Å². The van der Waals surface area contributed by atoms with E-state index in [2.05, 4.69) is 50.0 Å². The van der Waals surface area contributed by atoms with E-state index in [1.54, 1.807) is 5.56 Å². The van der Waals surface area contributed by atoms with E-state index >= 15 is 0 Å². The zero-order valence-electron chi connectivity index (χ0n) is 18.3. The standard InChI is InChI=1S/C25H37N3/c1-18-15-23-22(16-19(18)9-8-14-28-12-5-6-13-28)20-10-7-11-21(20)24(27-23)26-17-25(2,3)4/h15-16H,5-14,17H2,1-4H3,(H,26,27). The molecule has 2 aromatic rings. The first kappa shape index (κ1) is 19.7. The highest BCUT2D eigenvalue weighted by Crippen LogP contribution is 2.35. The Morgan fingerprint density at radius 1 is 1.04 bits per heavy atom. The number of pyridine rings is 1. The second-order valence-electron chi connectivity index (χ2n) is 10.1. The highest BCUT2D eigenvalue weighted by Gasteiger charge is 2.22. The predicted molar refractivity (Wildman–Crippen MR) is 120 cm³/mol. The van der Waals surface area contributed by atoms with Crippen LogP contribution in [0, 0.1) is 12.3 Å². The van der Waals surface area contributed by atoms with E-state index in [9.17, 15) is 0 Å². The van der Waals surface area contributed by atoms with Crippen LogP contribution in [-0.2, 0) is 19.3 Å². The minimum absolute atomic E-state index is 0.261. The minimum atomic E-state index is 0.261. The van der Waals surface area contributed by atoms with Gasteiger partial charge < -0.3 is 10.2 Å². The Balaban J connectivity index is 1.58. The van der Waals surface area contributed by atoms with Gasteiger partial charge in [0, 0.05) is 11.9 Å². The molecule has 4 rings (SSSR count). The van der Waals surface area contributed by atoms with Crippen LogP contribution in [0.3, 0.4) is 0 Å². The van der Waals surface area contributed by atoms with Gasteiger partial charge in [0.25, 0.3) is 0 Å². The molecule has 1 aromatic heterocycles. The number of hydrogen-bond acceptors (Lipinski definition) is 3. The number of rotatable bonds is 6. The van der Waals surface area contributed by atoms with Gasteiger partial charge in [0.15, 0.2) is 0 Å². The van der Waals surface area contributed by atoms with Crippen molar-refractivity contribution in [1.82, 2.24) is 9.88 Å². The lowest BCUT2D eigenvalue weighted by atomic mass is 9.95. The fourth-order valence-corrected chi connectivity index (χ4v) is 4.83. The van der Waals surface area contributed by atoms with Crippen LogP contribution in [0.5, 0.6) is 0 Å². The van der Waals surface area contributed by atoms with Crippen molar-refractivity contribution in [2.75, 3.05) is 31.5 Å². The molecule has 0 atom stereocenters. The average molecular weight is 380 g/mol. The fourth-order valence-electron chi connectivity index (χ4n) is 4.83. The number of likely N-dealkylation sites (tertiary alicyclic amines) is 1. The van der Waals surface area contributed by atoms with Gasteiger partial charge in [-0.15, -0.1) is 0 Å². The van der Waals surface area contributed by atoms with Crippen LogP contribution in [0.4, 0.5) is 5.82 Å². The molecule has 2 aliphatic rings. The van der Waals surface area contributed by atoms with Gasteiger partial charge in [-0.2, -0.15) is 0 Å². The molecular weight excluding hydrogens is 342 g/mol. The third-order valence-electron chi connectivity index (χ3n) is 6.42. The number of nitrogens with zero attached hydrogens (tertiary/aromatic N) is 2. The molecule has 152 valence electrons. The summed E-state index contributed by atoms with van der Waals surface area (Å²) >= 11 is 0. The van der Waals surface area contributed by atoms with Crippen LogP contribution in [-0.4, -0.2) is 36.1 Å². The van der Waals surface area contributed by atoms with Gasteiger partial charge in [-0.05, 0) is 111 Å². The fraction of sp³-hybridized carbons (Fsp3) is 0.640. The summed E-state index contributed by atoms with van der Waals surface area (Å²) < 4.78 is 0. The second-order valence-corrected chi connectivity index (χ2v) is 10.1. The monoisotopic (exact) mass is 379 g/mol. The maximum atomic E-state index is 5.08. The topological polar surface area (TPSA) is 28.2 Å². The average Bonchev–Trinajstić information content (AvgIpc) is 3.31. The highest BCUT2D eigenvalue weighted by atomic mass is 15.1. The van der Waals surface area contributed by atoms with Crippen LogP contribution < -0.4 is 5.32 Å². The van der Waals surface area contributed by atoms with Gasteiger partial charge in [0.05, 0.1) is 5.52 Å². The molecule has 1 fully saturated rings. The van der Waals surface area contributed by atoms with E-state index in [4.69, 9.17) is 4.98 Å². The molecule has 3 nitrogen and oxygen atoms in total. The summed E-state index contributed by atoms with van der Waals surface area (Å²) in [5, 5.41) is 5.07. The number of hydrogen-bond donors (Lipinski definition) is 1. The molecule has 0 amide bonds. The molecule has 1 aliphatic carbocycles. The molecule has 0 saturated carbocycles. The summed E-state index contributed by atoms with van der Waals surface area (Å²) in [7, 11) is 0. The molecule has 0 unspecified atom stereocenters. The summed E-state index contributed by atoms with van der Waals surface area (Å²) in [5.41, 5.74) is 7.40. The van der Waals surface area contributed by atoms with Crippen molar-refractivity contribution in [1.29, 1.82) is 0 Å². The predicted octanol–water partition coefficient (Wildman–Crippen LogP) is 5.52. The lowest BCUT2D eigenvalue weighted by Gasteiger charge is -2.21. The van der Waals surface area contributed by atoms with E-state index in [-0.39, 0.29) is 5.41 Å². The molecule has 1 saturated heterocycles. The lowest BCUT2D eigenvalue weighted by molar-refractivity contribution is 0.334. The Morgan fingerprint density at radius 3 is 2.54 bits per heavy atom. The van der Waals surface area contributed by atoms with Crippen molar-refractivity contribution in [3.8, 4) is 0 Å². The Morgan fingerprint density at radius 2 is 1.79 bits per heavy atom. The number of anilines is 1. The number of aryl methyl sites for hydroxylation is 3. The first-order chi connectivity index (χ1) is 13.4. The number of aromatic nitrogens is 1. The summed E-state index contributed by atoms with van der Waals surface area (Å²) in [6.45, 7) is 13.9. The van der Waals surface area contributed by atoms with Gasteiger partial charge in [0.1, 0.15) is 5.82 Å². The smallest absolute Gasteiger partial charge is 0.130 e. The van der Waals surface area contributed by atoms with Gasteiger partial charge in [0.2, 0.25) is 0 Å². The van der Waals surface area contributed by atoms with Crippen molar-refractivity contribution in [2.24, 2.45) is 5.41 Å². The normalized spacial score (nSPS) is 17.4.